The molecule has 132 valence electrons. The number of urea groups is 1. The quantitative estimate of drug-likeness (QED) is 0.889. The first-order chi connectivity index (χ1) is 11.7. The number of nitrogens with two attached hydrogens (primary N) is 1. The van der Waals surface area contributed by atoms with Gasteiger partial charge in [0.15, 0.2) is 0 Å². The van der Waals surface area contributed by atoms with E-state index in [2.05, 4.69) is 35.6 Å². The van der Waals surface area contributed by atoms with Crippen molar-refractivity contribution < 1.29 is 4.79 Å². The lowest BCUT2D eigenvalue weighted by atomic mass is 9.69. The number of nitrogens with zero attached hydrogens (tertiary/aromatic N) is 1. The first kappa shape index (κ1) is 17.3. The molecule has 3 rings (SSSR count). The van der Waals surface area contributed by atoms with E-state index in [0.717, 1.165) is 38.8 Å². The molecule has 3 N–H and O–H groups in total. The maximum absolute atomic E-state index is 12.7. The Labute approximate surface area is 145 Å². The second-order valence-electron chi connectivity index (χ2n) is 7.44. The van der Waals surface area contributed by atoms with E-state index in [1.165, 1.54) is 31.2 Å². The van der Waals surface area contributed by atoms with E-state index in [0.29, 0.717) is 6.54 Å². The molecule has 4 heteroatoms. The molecule has 0 unspecified atom stereocenters. The van der Waals surface area contributed by atoms with Crippen molar-refractivity contribution in [1.29, 1.82) is 0 Å². The number of amides is 2. The molecule has 1 atom stereocenters. The Kier molecular flexibility index (Phi) is 5.77. The topological polar surface area (TPSA) is 58.4 Å². The first-order valence-corrected chi connectivity index (χ1v) is 9.55. The van der Waals surface area contributed by atoms with E-state index < -0.39 is 0 Å². The smallest absolute Gasteiger partial charge is 0.317 e. The molecule has 1 aliphatic carbocycles. The van der Waals surface area contributed by atoms with Crippen LogP contribution >= 0.6 is 0 Å². The summed E-state index contributed by atoms with van der Waals surface area (Å²) in [5, 5.41) is 3.26. The van der Waals surface area contributed by atoms with Crippen molar-refractivity contribution in [1.82, 2.24) is 10.2 Å². The van der Waals surface area contributed by atoms with Crippen LogP contribution in [0.3, 0.4) is 0 Å². The minimum atomic E-state index is 0.0750. The molecule has 0 spiro atoms. The van der Waals surface area contributed by atoms with Gasteiger partial charge in [-0.3, -0.25) is 0 Å². The van der Waals surface area contributed by atoms with Crippen molar-refractivity contribution in [2.75, 3.05) is 19.6 Å². The second-order valence-corrected chi connectivity index (χ2v) is 7.44. The number of carbonyl (C=O) groups excluding carboxylic acids is 1. The van der Waals surface area contributed by atoms with E-state index >= 15 is 0 Å². The summed E-state index contributed by atoms with van der Waals surface area (Å²) in [5.74, 6) is 0. The predicted molar refractivity (Wildman–Crippen MR) is 98.0 cm³/mol. The van der Waals surface area contributed by atoms with Gasteiger partial charge in [0.2, 0.25) is 0 Å². The van der Waals surface area contributed by atoms with Crippen LogP contribution in [-0.2, 0) is 5.41 Å². The van der Waals surface area contributed by atoms with Crippen molar-refractivity contribution in [2.24, 2.45) is 5.73 Å². The number of hydrogen-bond acceptors (Lipinski definition) is 2. The number of piperidine rings is 1. The van der Waals surface area contributed by atoms with Crippen LogP contribution in [0, 0.1) is 0 Å². The van der Waals surface area contributed by atoms with Crippen LogP contribution in [0.15, 0.2) is 30.3 Å². The van der Waals surface area contributed by atoms with Crippen LogP contribution in [0.25, 0.3) is 0 Å². The van der Waals surface area contributed by atoms with E-state index in [1.54, 1.807) is 0 Å². The van der Waals surface area contributed by atoms with Gasteiger partial charge in [-0.1, -0.05) is 49.6 Å². The Morgan fingerprint density at radius 2 is 1.88 bits per heavy atom. The Morgan fingerprint density at radius 3 is 2.58 bits per heavy atom. The lowest BCUT2D eigenvalue weighted by Gasteiger charge is -2.40. The Morgan fingerprint density at radius 1 is 1.12 bits per heavy atom. The fourth-order valence-electron chi connectivity index (χ4n) is 4.45. The largest absolute Gasteiger partial charge is 0.337 e. The maximum Gasteiger partial charge on any atom is 0.317 e. The number of carbonyl (C=O) groups is 1. The Bertz CT molecular complexity index is 525. The molecule has 1 aliphatic heterocycles. The lowest BCUT2D eigenvalue weighted by Crippen LogP contribution is -2.53. The number of rotatable bonds is 4. The number of likely N-dealkylation sites (tertiary alicyclic amines) is 1. The van der Waals surface area contributed by atoms with E-state index in [9.17, 15) is 4.79 Å². The monoisotopic (exact) mass is 329 g/mol. The summed E-state index contributed by atoms with van der Waals surface area (Å²) >= 11 is 0. The van der Waals surface area contributed by atoms with Crippen LogP contribution < -0.4 is 11.1 Å². The van der Waals surface area contributed by atoms with E-state index in [-0.39, 0.29) is 17.5 Å². The molecule has 1 saturated heterocycles. The summed E-state index contributed by atoms with van der Waals surface area (Å²) in [4.78, 5) is 14.7. The summed E-state index contributed by atoms with van der Waals surface area (Å²) in [6.07, 6.45) is 9.44. The van der Waals surface area contributed by atoms with Crippen LogP contribution in [0.4, 0.5) is 4.79 Å². The Balaban J connectivity index is 1.68. The zero-order valence-electron chi connectivity index (χ0n) is 14.7. The van der Waals surface area contributed by atoms with Crippen molar-refractivity contribution in [3.63, 3.8) is 0 Å². The molecule has 4 nitrogen and oxygen atoms in total. The van der Waals surface area contributed by atoms with Gasteiger partial charge in [-0.05, 0) is 37.7 Å². The standard InChI is InChI=1S/C20H31N3O/c21-15-18-11-5-8-14-23(18)19(24)22-16-20(12-6-2-7-13-20)17-9-3-1-4-10-17/h1,3-4,9-10,18H,2,5-8,11-16,21H2,(H,22,24)/t18-/m1/s1. The fraction of sp³-hybridized carbons (Fsp3) is 0.650. The van der Waals surface area contributed by atoms with Crippen molar-refractivity contribution in [3.8, 4) is 0 Å². The van der Waals surface area contributed by atoms with Gasteiger partial charge in [-0.25, -0.2) is 4.79 Å². The van der Waals surface area contributed by atoms with Gasteiger partial charge < -0.3 is 16.0 Å². The molecule has 2 amide bonds. The average molecular weight is 329 g/mol. The van der Waals surface area contributed by atoms with Crippen LogP contribution in [0.2, 0.25) is 0 Å². The van der Waals surface area contributed by atoms with Crippen LogP contribution in [0.1, 0.15) is 56.9 Å². The van der Waals surface area contributed by atoms with Gasteiger partial charge >= 0.3 is 6.03 Å². The molecule has 1 heterocycles. The number of benzene rings is 1. The zero-order chi connectivity index (χ0) is 16.8. The van der Waals surface area contributed by atoms with Gasteiger partial charge in [0.25, 0.3) is 0 Å². The van der Waals surface area contributed by atoms with Crippen LogP contribution in [0.5, 0.6) is 0 Å². The Hall–Kier alpha value is -1.55. The van der Waals surface area contributed by atoms with Gasteiger partial charge in [0.1, 0.15) is 0 Å². The molecule has 1 aromatic rings. The van der Waals surface area contributed by atoms with Gasteiger partial charge in [-0.2, -0.15) is 0 Å². The molecule has 2 fully saturated rings. The highest BCUT2D eigenvalue weighted by molar-refractivity contribution is 5.74. The van der Waals surface area contributed by atoms with Gasteiger partial charge in [0, 0.05) is 31.1 Å². The third kappa shape index (κ3) is 3.75. The highest BCUT2D eigenvalue weighted by Crippen LogP contribution is 2.39. The van der Waals surface area contributed by atoms with E-state index in [4.69, 9.17) is 5.73 Å². The lowest BCUT2D eigenvalue weighted by molar-refractivity contribution is 0.149. The minimum absolute atomic E-state index is 0.0750. The normalized spacial score (nSPS) is 23.7. The zero-order valence-corrected chi connectivity index (χ0v) is 14.7. The molecule has 0 radical (unpaired) electrons. The predicted octanol–water partition coefficient (Wildman–Crippen LogP) is 3.41. The number of hydrogen-bond donors (Lipinski definition) is 2. The second kappa shape index (κ2) is 8.02. The molecule has 1 saturated carbocycles. The third-order valence-corrected chi connectivity index (χ3v) is 5.93. The molecule has 1 aromatic carbocycles. The van der Waals surface area contributed by atoms with Crippen LogP contribution in [-0.4, -0.2) is 36.6 Å². The summed E-state index contributed by atoms with van der Waals surface area (Å²) in [6.45, 7) is 2.15. The molecule has 24 heavy (non-hydrogen) atoms. The highest BCUT2D eigenvalue weighted by atomic mass is 16.2. The van der Waals surface area contributed by atoms with Crippen molar-refractivity contribution >= 4 is 6.03 Å². The highest BCUT2D eigenvalue weighted by Gasteiger charge is 2.35. The molecular weight excluding hydrogens is 298 g/mol. The van der Waals surface area contributed by atoms with E-state index in [1.807, 2.05) is 4.90 Å². The number of nitrogens with one attached hydrogen (secondary N) is 1. The van der Waals surface area contributed by atoms with Crippen molar-refractivity contribution in [3.05, 3.63) is 35.9 Å². The summed E-state index contributed by atoms with van der Waals surface area (Å²) in [7, 11) is 0. The summed E-state index contributed by atoms with van der Waals surface area (Å²) in [5.41, 5.74) is 7.34. The molecule has 0 bridgehead atoms. The first-order valence-electron chi connectivity index (χ1n) is 9.55. The third-order valence-electron chi connectivity index (χ3n) is 5.93. The molecular formula is C20H31N3O. The summed E-state index contributed by atoms with van der Waals surface area (Å²) in [6, 6.07) is 11.0. The fourth-order valence-corrected chi connectivity index (χ4v) is 4.45. The average Bonchev–Trinajstić information content (AvgIpc) is 2.67. The maximum atomic E-state index is 12.7. The van der Waals surface area contributed by atoms with Gasteiger partial charge in [0.05, 0.1) is 0 Å². The molecule has 2 aliphatic rings. The summed E-state index contributed by atoms with van der Waals surface area (Å²) < 4.78 is 0. The molecule has 0 aromatic heterocycles. The SMILES string of the molecule is NC[C@H]1CCCCN1C(=O)NCC1(c2ccccc2)CCCCC1. The van der Waals surface area contributed by atoms with Gasteiger partial charge in [-0.15, -0.1) is 0 Å². The van der Waals surface area contributed by atoms with Crippen molar-refractivity contribution in [2.45, 2.75) is 62.8 Å². The minimum Gasteiger partial charge on any atom is -0.337 e.